The van der Waals surface area contributed by atoms with E-state index in [1.165, 1.54) is 51.7 Å². The van der Waals surface area contributed by atoms with Gasteiger partial charge in [-0.25, -0.2) is 4.79 Å². The summed E-state index contributed by atoms with van der Waals surface area (Å²) < 4.78 is 72.9. The monoisotopic (exact) mass is 556 g/mol. The first-order chi connectivity index (χ1) is 19.0. The predicted octanol–water partition coefficient (Wildman–Crippen LogP) is 6.56. The molecular formula is C29H23F3O8. The number of halogens is 3. The Morgan fingerprint density at radius 1 is 0.875 bits per heavy atom. The average Bonchev–Trinajstić information content (AvgIpc) is 2.92. The summed E-state index contributed by atoms with van der Waals surface area (Å²) in [5, 5.41) is -0.191. The number of rotatable bonds is 8. The SMILES string of the molecule is COc1cc(C=CC(=O)Oc2ccc3c(=O)c(Oc4cccc(C)c4)c(C(F)(F)F)oc3c2)cc(OC)c1OC. The van der Waals surface area contributed by atoms with Crippen LogP contribution in [-0.4, -0.2) is 27.3 Å². The van der Waals surface area contributed by atoms with E-state index in [0.29, 0.717) is 22.8 Å². The normalized spacial score (nSPS) is 11.5. The lowest BCUT2D eigenvalue weighted by Gasteiger charge is -2.14. The second-order valence-corrected chi connectivity index (χ2v) is 8.38. The van der Waals surface area contributed by atoms with Gasteiger partial charge < -0.3 is 28.1 Å². The molecule has 0 atom stereocenters. The van der Waals surface area contributed by atoms with Crippen molar-refractivity contribution < 1.29 is 46.1 Å². The molecule has 0 aliphatic heterocycles. The van der Waals surface area contributed by atoms with Gasteiger partial charge in [0.05, 0.1) is 26.7 Å². The smallest absolute Gasteiger partial charge is 0.453 e. The molecule has 0 radical (unpaired) electrons. The molecule has 0 aliphatic carbocycles. The summed E-state index contributed by atoms with van der Waals surface area (Å²) in [5.41, 5.74) is -0.225. The molecule has 0 amide bonds. The van der Waals surface area contributed by atoms with Gasteiger partial charge in [-0.05, 0) is 60.5 Å². The lowest BCUT2D eigenvalue weighted by atomic mass is 10.1. The molecule has 4 aromatic rings. The summed E-state index contributed by atoms with van der Waals surface area (Å²) in [6.07, 6.45) is -2.52. The van der Waals surface area contributed by atoms with Gasteiger partial charge in [0.15, 0.2) is 11.5 Å². The van der Waals surface area contributed by atoms with Crippen molar-refractivity contribution in [3.63, 3.8) is 0 Å². The second-order valence-electron chi connectivity index (χ2n) is 8.38. The van der Waals surface area contributed by atoms with E-state index in [1.807, 2.05) is 0 Å². The van der Waals surface area contributed by atoms with Crippen LogP contribution in [0.1, 0.15) is 16.9 Å². The average molecular weight is 556 g/mol. The molecule has 0 unspecified atom stereocenters. The minimum atomic E-state index is -5.04. The molecule has 1 aromatic heterocycles. The molecule has 0 N–H and O–H groups in total. The molecular weight excluding hydrogens is 533 g/mol. The number of hydrogen-bond donors (Lipinski definition) is 0. The van der Waals surface area contributed by atoms with E-state index < -0.39 is 34.7 Å². The van der Waals surface area contributed by atoms with Crippen molar-refractivity contribution in [2.75, 3.05) is 21.3 Å². The summed E-state index contributed by atoms with van der Waals surface area (Å²) in [4.78, 5) is 25.4. The summed E-state index contributed by atoms with van der Waals surface area (Å²) >= 11 is 0. The third-order valence-electron chi connectivity index (χ3n) is 5.61. The Hall–Kier alpha value is -4.93. The van der Waals surface area contributed by atoms with Crippen molar-refractivity contribution in [1.29, 1.82) is 0 Å². The van der Waals surface area contributed by atoms with E-state index in [0.717, 1.165) is 17.7 Å². The molecule has 11 heteroatoms. The Morgan fingerprint density at radius 3 is 2.17 bits per heavy atom. The highest BCUT2D eigenvalue weighted by molar-refractivity contribution is 5.90. The van der Waals surface area contributed by atoms with E-state index in [2.05, 4.69) is 0 Å². The van der Waals surface area contributed by atoms with Crippen LogP contribution in [0.25, 0.3) is 17.0 Å². The Labute approximate surface area is 226 Å². The number of carbonyl (C=O) groups excluding carboxylic acids is 1. The van der Waals surface area contributed by atoms with Gasteiger partial charge >= 0.3 is 12.1 Å². The molecule has 208 valence electrons. The summed E-state index contributed by atoms with van der Waals surface area (Å²) in [6.45, 7) is 1.73. The van der Waals surface area contributed by atoms with Gasteiger partial charge in [0.25, 0.3) is 5.76 Å². The van der Waals surface area contributed by atoms with E-state index in [9.17, 15) is 22.8 Å². The first-order valence-corrected chi connectivity index (χ1v) is 11.7. The van der Waals surface area contributed by atoms with Gasteiger partial charge in [0.1, 0.15) is 17.1 Å². The minimum absolute atomic E-state index is 0.0431. The van der Waals surface area contributed by atoms with Crippen molar-refractivity contribution in [1.82, 2.24) is 0 Å². The fourth-order valence-corrected chi connectivity index (χ4v) is 3.81. The maximum absolute atomic E-state index is 13.8. The number of methoxy groups -OCH3 is 3. The number of fused-ring (bicyclic) bond motifs is 1. The van der Waals surface area contributed by atoms with Crippen LogP contribution in [0.15, 0.2) is 69.9 Å². The third-order valence-corrected chi connectivity index (χ3v) is 5.61. The van der Waals surface area contributed by atoms with Crippen molar-refractivity contribution in [2.24, 2.45) is 0 Å². The van der Waals surface area contributed by atoms with Crippen molar-refractivity contribution in [2.45, 2.75) is 13.1 Å². The number of esters is 1. The topological polar surface area (TPSA) is 93.4 Å². The number of ether oxygens (including phenoxy) is 5. The van der Waals surface area contributed by atoms with Gasteiger partial charge in [-0.15, -0.1) is 0 Å². The van der Waals surface area contributed by atoms with Crippen molar-refractivity contribution >= 4 is 23.0 Å². The highest BCUT2D eigenvalue weighted by Gasteiger charge is 2.40. The van der Waals surface area contributed by atoms with Gasteiger partial charge in [-0.2, -0.15) is 13.2 Å². The van der Waals surface area contributed by atoms with Crippen LogP contribution in [0.5, 0.6) is 34.5 Å². The van der Waals surface area contributed by atoms with E-state index in [-0.39, 0.29) is 16.9 Å². The largest absolute Gasteiger partial charge is 0.493 e. The number of benzene rings is 3. The number of alkyl halides is 3. The number of hydrogen-bond acceptors (Lipinski definition) is 8. The highest BCUT2D eigenvalue weighted by Crippen LogP contribution is 2.40. The quantitative estimate of drug-likeness (QED) is 0.137. The van der Waals surface area contributed by atoms with E-state index >= 15 is 0 Å². The van der Waals surface area contributed by atoms with Gasteiger partial charge in [-0.3, -0.25) is 4.79 Å². The van der Waals surface area contributed by atoms with Gasteiger partial charge in [0, 0.05) is 12.1 Å². The Morgan fingerprint density at radius 2 is 1.57 bits per heavy atom. The fraction of sp³-hybridized carbons (Fsp3) is 0.172. The summed E-state index contributed by atoms with van der Waals surface area (Å²) in [6, 6.07) is 12.9. The maximum atomic E-state index is 13.8. The molecule has 0 fully saturated rings. The zero-order chi connectivity index (χ0) is 29.0. The summed E-state index contributed by atoms with van der Waals surface area (Å²) in [7, 11) is 4.34. The molecule has 0 spiro atoms. The third kappa shape index (κ3) is 6.04. The lowest BCUT2D eigenvalue weighted by Crippen LogP contribution is -2.15. The Balaban J connectivity index is 1.63. The summed E-state index contributed by atoms with van der Waals surface area (Å²) in [5.74, 6) is -2.45. The zero-order valence-corrected chi connectivity index (χ0v) is 21.8. The first kappa shape index (κ1) is 28.1. The van der Waals surface area contributed by atoms with Crippen LogP contribution in [-0.2, 0) is 11.0 Å². The molecule has 0 saturated carbocycles. The van der Waals surface area contributed by atoms with Crippen LogP contribution in [0, 0.1) is 6.92 Å². The fourth-order valence-electron chi connectivity index (χ4n) is 3.81. The lowest BCUT2D eigenvalue weighted by molar-refractivity contribution is -0.154. The Bertz CT molecular complexity index is 1630. The molecule has 8 nitrogen and oxygen atoms in total. The van der Waals surface area contributed by atoms with E-state index in [1.54, 1.807) is 31.2 Å². The van der Waals surface area contributed by atoms with E-state index in [4.69, 9.17) is 28.1 Å². The van der Waals surface area contributed by atoms with Crippen molar-refractivity contribution in [3.8, 4) is 34.5 Å². The predicted molar refractivity (Wildman–Crippen MR) is 140 cm³/mol. The van der Waals surface area contributed by atoms with Crippen molar-refractivity contribution in [3.05, 3.63) is 87.8 Å². The zero-order valence-electron chi connectivity index (χ0n) is 21.8. The molecule has 3 aromatic carbocycles. The number of carbonyl (C=O) groups is 1. The molecule has 4 rings (SSSR count). The molecule has 0 saturated heterocycles. The molecule has 1 heterocycles. The van der Waals surface area contributed by atoms with Crippen LogP contribution < -0.4 is 29.1 Å². The molecule has 40 heavy (non-hydrogen) atoms. The minimum Gasteiger partial charge on any atom is -0.493 e. The van der Waals surface area contributed by atoms with Crippen LogP contribution in [0.3, 0.4) is 0 Å². The standard InChI is InChI=1S/C29H23F3O8/c1-16-6-5-7-18(12-16)39-27-25(34)20-10-9-19(15-21(20)40-28(27)29(30,31)32)38-24(33)11-8-17-13-22(35-2)26(37-4)23(14-17)36-3/h5-15H,1-4H3. The molecule has 0 aliphatic rings. The van der Waals surface area contributed by atoms with Crippen LogP contribution in [0.4, 0.5) is 13.2 Å². The maximum Gasteiger partial charge on any atom is 0.453 e. The highest BCUT2D eigenvalue weighted by atomic mass is 19.4. The van der Waals surface area contributed by atoms with Crippen LogP contribution in [0.2, 0.25) is 0 Å². The van der Waals surface area contributed by atoms with Crippen LogP contribution >= 0.6 is 0 Å². The first-order valence-electron chi connectivity index (χ1n) is 11.7. The number of aryl methyl sites for hydroxylation is 1. The Kier molecular flexibility index (Phi) is 8.03. The van der Waals surface area contributed by atoms with Gasteiger partial charge in [0.2, 0.25) is 16.9 Å². The molecule has 0 bridgehead atoms. The second kappa shape index (κ2) is 11.4. The van der Waals surface area contributed by atoms with Gasteiger partial charge in [-0.1, -0.05) is 12.1 Å².